The lowest BCUT2D eigenvalue weighted by molar-refractivity contribution is 0.0589. The monoisotopic (exact) mass is 475 g/mol. The third kappa shape index (κ3) is 4.46. The van der Waals surface area contributed by atoms with Crippen LogP contribution in [0.3, 0.4) is 0 Å². The lowest BCUT2D eigenvalue weighted by Crippen LogP contribution is -2.42. The first-order valence-electron chi connectivity index (χ1n) is 11.8. The molecular weight excluding hydrogens is 446 g/mol. The van der Waals surface area contributed by atoms with Gasteiger partial charge in [0.1, 0.15) is 12.4 Å². The van der Waals surface area contributed by atoms with E-state index >= 15 is 0 Å². The van der Waals surface area contributed by atoms with E-state index in [9.17, 15) is 4.79 Å². The molecule has 7 nitrogen and oxygen atoms in total. The lowest BCUT2D eigenvalue weighted by atomic mass is 9.91. The predicted molar refractivity (Wildman–Crippen MR) is 131 cm³/mol. The molecule has 35 heavy (non-hydrogen) atoms. The maximum absolute atomic E-state index is 13.7. The van der Waals surface area contributed by atoms with E-state index in [0.29, 0.717) is 48.1 Å². The summed E-state index contributed by atoms with van der Waals surface area (Å²) in [6.07, 6.45) is 1.67. The summed E-state index contributed by atoms with van der Waals surface area (Å²) in [5.41, 5.74) is 3.91. The zero-order chi connectivity index (χ0) is 24.4. The standard InChI is InChI=1S/C28H29NO6/c1-4-18-5-8-21(9-6-18)33-16-23-22-15-26(32-3)25(31-2)13-19(22)11-12-29(23)28(30)20-7-10-24-27(14-20)35-17-34-24/h5-10,13-15,23H,4,11-12,16-17H2,1-3H3/t23-/m0/s1. The number of rotatable bonds is 7. The Kier molecular flexibility index (Phi) is 6.40. The van der Waals surface area contributed by atoms with Gasteiger partial charge in [-0.3, -0.25) is 4.79 Å². The molecule has 0 spiro atoms. The minimum Gasteiger partial charge on any atom is -0.493 e. The van der Waals surface area contributed by atoms with Crippen LogP contribution in [0.15, 0.2) is 54.6 Å². The number of fused-ring (bicyclic) bond motifs is 2. The predicted octanol–water partition coefficient (Wildman–Crippen LogP) is 4.81. The SMILES string of the molecule is CCc1ccc(OC[C@H]2c3cc(OC)c(OC)cc3CCN2C(=O)c2ccc3c(c2)OCO3)cc1. The maximum Gasteiger partial charge on any atom is 0.254 e. The smallest absolute Gasteiger partial charge is 0.254 e. The van der Waals surface area contributed by atoms with Gasteiger partial charge in [-0.25, -0.2) is 0 Å². The molecule has 0 bridgehead atoms. The van der Waals surface area contributed by atoms with E-state index in [1.165, 1.54) is 5.56 Å². The average molecular weight is 476 g/mol. The molecule has 7 heteroatoms. The van der Waals surface area contributed by atoms with Gasteiger partial charge >= 0.3 is 0 Å². The zero-order valence-electron chi connectivity index (χ0n) is 20.2. The van der Waals surface area contributed by atoms with Crippen molar-refractivity contribution in [1.29, 1.82) is 0 Å². The number of amides is 1. The molecule has 0 unspecified atom stereocenters. The number of ether oxygens (including phenoxy) is 5. The van der Waals surface area contributed by atoms with Crippen molar-refractivity contribution in [2.75, 3.05) is 34.2 Å². The number of carbonyl (C=O) groups is 1. The van der Waals surface area contributed by atoms with Crippen LogP contribution in [-0.2, 0) is 12.8 Å². The Balaban J connectivity index is 1.48. The van der Waals surface area contributed by atoms with Gasteiger partial charge in [-0.2, -0.15) is 0 Å². The normalized spacial score (nSPS) is 16.0. The summed E-state index contributed by atoms with van der Waals surface area (Å²) in [6, 6.07) is 17.0. The van der Waals surface area contributed by atoms with Crippen molar-refractivity contribution in [3.8, 4) is 28.7 Å². The largest absolute Gasteiger partial charge is 0.493 e. The highest BCUT2D eigenvalue weighted by molar-refractivity contribution is 5.95. The molecule has 0 saturated carbocycles. The van der Waals surface area contributed by atoms with Gasteiger partial charge in [-0.1, -0.05) is 19.1 Å². The average Bonchev–Trinajstić information content (AvgIpc) is 3.38. The molecule has 2 aliphatic rings. The summed E-state index contributed by atoms with van der Waals surface area (Å²) in [4.78, 5) is 15.6. The van der Waals surface area contributed by atoms with Gasteiger partial charge in [0.15, 0.2) is 23.0 Å². The molecule has 5 rings (SSSR count). The van der Waals surface area contributed by atoms with E-state index in [-0.39, 0.29) is 18.7 Å². The maximum atomic E-state index is 13.7. The molecular formula is C28H29NO6. The Hall–Kier alpha value is -3.87. The number of hydrogen-bond donors (Lipinski definition) is 0. The van der Waals surface area contributed by atoms with Crippen molar-refractivity contribution in [2.45, 2.75) is 25.8 Å². The molecule has 0 saturated heterocycles. The summed E-state index contributed by atoms with van der Waals surface area (Å²) in [5, 5.41) is 0. The van der Waals surface area contributed by atoms with Crippen molar-refractivity contribution in [1.82, 2.24) is 4.90 Å². The number of nitrogens with zero attached hydrogens (tertiary/aromatic N) is 1. The summed E-state index contributed by atoms with van der Waals surface area (Å²) in [6.45, 7) is 3.15. The van der Waals surface area contributed by atoms with E-state index in [2.05, 4.69) is 19.1 Å². The molecule has 0 fully saturated rings. The number of aryl methyl sites for hydroxylation is 1. The van der Waals surface area contributed by atoms with Gasteiger partial charge in [0.05, 0.1) is 20.3 Å². The first kappa shape index (κ1) is 22.9. The molecule has 2 heterocycles. The van der Waals surface area contributed by atoms with Crippen LogP contribution in [0.5, 0.6) is 28.7 Å². The summed E-state index contributed by atoms with van der Waals surface area (Å²) in [5.74, 6) is 3.22. The van der Waals surface area contributed by atoms with Crippen LogP contribution in [0, 0.1) is 0 Å². The van der Waals surface area contributed by atoms with Crippen LogP contribution in [0.2, 0.25) is 0 Å². The minimum absolute atomic E-state index is 0.0846. The van der Waals surface area contributed by atoms with Crippen molar-refractivity contribution < 1.29 is 28.5 Å². The van der Waals surface area contributed by atoms with Crippen molar-refractivity contribution >= 4 is 5.91 Å². The van der Waals surface area contributed by atoms with Crippen molar-refractivity contribution in [2.24, 2.45) is 0 Å². The van der Waals surface area contributed by atoms with E-state index in [4.69, 9.17) is 23.7 Å². The van der Waals surface area contributed by atoms with E-state index in [1.807, 2.05) is 29.2 Å². The summed E-state index contributed by atoms with van der Waals surface area (Å²) >= 11 is 0. The first-order valence-corrected chi connectivity index (χ1v) is 11.8. The third-order valence-corrected chi connectivity index (χ3v) is 6.62. The molecule has 2 aliphatic heterocycles. The first-order chi connectivity index (χ1) is 17.1. The summed E-state index contributed by atoms with van der Waals surface area (Å²) < 4.78 is 28.2. The Morgan fingerprint density at radius 2 is 1.71 bits per heavy atom. The van der Waals surface area contributed by atoms with Gasteiger partial charge in [0.25, 0.3) is 5.91 Å². The highest BCUT2D eigenvalue weighted by atomic mass is 16.7. The molecule has 0 N–H and O–H groups in total. The van der Waals surface area contributed by atoms with Gasteiger partial charge in [-0.15, -0.1) is 0 Å². The van der Waals surface area contributed by atoms with Crippen LogP contribution in [0.4, 0.5) is 0 Å². The molecule has 0 aromatic heterocycles. The van der Waals surface area contributed by atoms with Gasteiger partial charge in [0.2, 0.25) is 6.79 Å². The van der Waals surface area contributed by atoms with Gasteiger partial charge in [-0.05, 0) is 72.0 Å². The van der Waals surface area contributed by atoms with Crippen LogP contribution < -0.4 is 23.7 Å². The van der Waals surface area contributed by atoms with Gasteiger partial charge in [0, 0.05) is 12.1 Å². The number of hydrogen-bond acceptors (Lipinski definition) is 6. The van der Waals surface area contributed by atoms with E-state index in [1.54, 1.807) is 32.4 Å². The molecule has 3 aromatic carbocycles. The van der Waals surface area contributed by atoms with Crippen LogP contribution >= 0.6 is 0 Å². The molecule has 3 aromatic rings. The van der Waals surface area contributed by atoms with Crippen LogP contribution in [0.1, 0.15) is 40.0 Å². The Labute approximate surface area is 205 Å². The fourth-order valence-electron chi connectivity index (χ4n) is 4.64. The molecule has 0 radical (unpaired) electrons. The quantitative estimate of drug-likeness (QED) is 0.489. The zero-order valence-corrected chi connectivity index (χ0v) is 20.2. The van der Waals surface area contributed by atoms with Gasteiger partial charge < -0.3 is 28.6 Å². The topological polar surface area (TPSA) is 66.5 Å². The second kappa shape index (κ2) is 9.78. The second-order valence-corrected chi connectivity index (χ2v) is 8.55. The molecule has 1 amide bonds. The molecule has 182 valence electrons. The Morgan fingerprint density at radius 1 is 0.971 bits per heavy atom. The second-order valence-electron chi connectivity index (χ2n) is 8.55. The fourth-order valence-corrected chi connectivity index (χ4v) is 4.64. The Morgan fingerprint density at radius 3 is 2.46 bits per heavy atom. The Bertz CT molecular complexity index is 1220. The summed E-state index contributed by atoms with van der Waals surface area (Å²) in [7, 11) is 3.24. The fraction of sp³-hybridized carbons (Fsp3) is 0.321. The molecule has 0 aliphatic carbocycles. The van der Waals surface area contributed by atoms with E-state index in [0.717, 1.165) is 23.3 Å². The lowest BCUT2D eigenvalue weighted by Gasteiger charge is -2.37. The van der Waals surface area contributed by atoms with Crippen molar-refractivity contribution in [3.63, 3.8) is 0 Å². The molecule has 1 atom stereocenters. The van der Waals surface area contributed by atoms with Crippen LogP contribution in [0.25, 0.3) is 0 Å². The highest BCUT2D eigenvalue weighted by Crippen LogP contribution is 2.40. The number of carbonyl (C=O) groups excluding carboxylic acids is 1. The van der Waals surface area contributed by atoms with E-state index < -0.39 is 0 Å². The highest BCUT2D eigenvalue weighted by Gasteiger charge is 2.34. The third-order valence-electron chi connectivity index (χ3n) is 6.62. The van der Waals surface area contributed by atoms with Crippen molar-refractivity contribution in [3.05, 3.63) is 76.9 Å². The number of benzene rings is 3. The number of methoxy groups -OCH3 is 2. The minimum atomic E-state index is -0.303. The van der Waals surface area contributed by atoms with Crippen LogP contribution in [-0.4, -0.2) is 45.0 Å².